The smallest absolute Gasteiger partial charge is 0.251 e. The van der Waals surface area contributed by atoms with E-state index in [1.165, 1.54) is 0 Å². The van der Waals surface area contributed by atoms with Crippen LogP contribution in [0, 0.1) is 0 Å². The quantitative estimate of drug-likeness (QED) is 0.331. The molecule has 10 heteroatoms. The number of hydrogen-bond acceptors (Lipinski definition) is 7. The molecule has 0 aliphatic rings. The largest absolute Gasteiger partial charge is 0.378 e. The van der Waals surface area contributed by atoms with Crippen LogP contribution in [0.4, 0.5) is 5.69 Å². The van der Waals surface area contributed by atoms with E-state index in [-0.39, 0.29) is 5.91 Å². The summed E-state index contributed by atoms with van der Waals surface area (Å²) >= 11 is 0. The molecule has 0 spiro atoms. The van der Waals surface area contributed by atoms with Gasteiger partial charge in [0.15, 0.2) is 5.82 Å². The summed E-state index contributed by atoms with van der Waals surface area (Å²) in [7, 11) is 0. The average molecular weight is 451 g/mol. The van der Waals surface area contributed by atoms with E-state index in [2.05, 4.69) is 40.8 Å². The number of anilines is 1. The van der Waals surface area contributed by atoms with Gasteiger partial charge < -0.3 is 10.6 Å². The van der Waals surface area contributed by atoms with Gasteiger partial charge in [0.05, 0.1) is 6.54 Å². The minimum Gasteiger partial charge on any atom is -0.378 e. The van der Waals surface area contributed by atoms with Crippen LogP contribution in [0.2, 0.25) is 0 Å². The Hall–Kier alpha value is -4.86. The highest BCUT2D eigenvalue weighted by Crippen LogP contribution is 2.15. The number of imidazole rings is 1. The Labute approximate surface area is 195 Å². The van der Waals surface area contributed by atoms with Crippen molar-refractivity contribution >= 4 is 11.6 Å². The number of benzene rings is 1. The molecule has 168 valence electrons. The zero-order chi connectivity index (χ0) is 23.2. The summed E-state index contributed by atoms with van der Waals surface area (Å²) in [5, 5.41) is 13.4. The molecule has 0 aliphatic carbocycles. The van der Waals surface area contributed by atoms with Gasteiger partial charge in [-0.05, 0) is 36.4 Å². The van der Waals surface area contributed by atoms with E-state index in [0.717, 1.165) is 22.6 Å². The Morgan fingerprint density at radius 3 is 2.74 bits per heavy atom. The second-order valence-electron chi connectivity index (χ2n) is 7.41. The molecule has 0 atom stereocenters. The van der Waals surface area contributed by atoms with Crippen LogP contribution in [-0.2, 0) is 13.1 Å². The van der Waals surface area contributed by atoms with Crippen molar-refractivity contribution in [3.8, 4) is 17.2 Å². The molecule has 0 aliphatic heterocycles. The predicted octanol–water partition coefficient (Wildman–Crippen LogP) is 2.99. The van der Waals surface area contributed by atoms with E-state index in [1.54, 1.807) is 43.2 Å². The highest BCUT2D eigenvalue weighted by atomic mass is 16.1. The number of hydrogen-bond donors (Lipinski definition) is 3. The fourth-order valence-electron chi connectivity index (χ4n) is 3.42. The molecule has 0 fully saturated rings. The summed E-state index contributed by atoms with van der Waals surface area (Å²) in [6, 6.07) is 14.8. The highest BCUT2D eigenvalue weighted by Gasteiger charge is 2.10. The lowest BCUT2D eigenvalue weighted by Crippen LogP contribution is -2.23. The number of aromatic amines is 1. The van der Waals surface area contributed by atoms with Crippen LogP contribution in [-0.4, -0.2) is 40.6 Å². The third-order valence-electron chi connectivity index (χ3n) is 5.11. The van der Waals surface area contributed by atoms with E-state index >= 15 is 0 Å². The molecule has 4 aromatic heterocycles. The maximum Gasteiger partial charge on any atom is 0.251 e. The molecule has 0 saturated heterocycles. The molecule has 0 unspecified atom stereocenters. The first-order valence-corrected chi connectivity index (χ1v) is 10.6. The third kappa shape index (κ3) is 4.80. The maximum absolute atomic E-state index is 12.8. The van der Waals surface area contributed by atoms with Crippen molar-refractivity contribution in [2.45, 2.75) is 13.1 Å². The SMILES string of the molecule is O=C(NCc1cccnc1-n1ccnc1)c1cccc(NCc2nc(-c3ccncc3)n[nH]2)c1. The second-order valence-corrected chi connectivity index (χ2v) is 7.41. The topological polar surface area (TPSA) is 126 Å². The zero-order valence-electron chi connectivity index (χ0n) is 18.1. The van der Waals surface area contributed by atoms with Crippen LogP contribution in [0.3, 0.4) is 0 Å². The number of pyridine rings is 2. The van der Waals surface area contributed by atoms with Gasteiger partial charge in [-0.2, -0.15) is 5.10 Å². The molecule has 5 rings (SSSR count). The van der Waals surface area contributed by atoms with Crippen LogP contribution in [0.15, 0.2) is 85.8 Å². The van der Waals surface area contributed by atoms with Crippen molar-refractivity contribution in [1.82, 2.24) is 40.0 Å². The molecule has 34 heavy (non-hydrogen) atoms. The highest BCUT2D eigenvalue weighted by molar-refractivity contribution is 5.95. The summed E-state index contributed by atoms with van der Waals surface area (Å²) in [5.41, 5.74) is 3.13. The summed E-state index contributed by atoms with van der Waals surface area (Å²) in [5.74, 6) is 1.85. The molecule has 0 saturated carbocycles. The maximum atomic E-state index is 12.8. The number of amides is 1. The number of rotatable bonds is 8. The lowest BCUT2D eigenvalue weighted by molar-refractivity contribution is 0.0951. The molecular formula is C24H21N9O. The van der Waals surface area contributed by atoms with Gasteiger partial charge in [0, 0.05) is 59.9 Å². The predicted molar refractivity (Wildman–Crippen MR) is 126 cm³/mol. The number of nitrogens with one attached hydrogen (secondary N) is 3. The van der Waals surface area contributed by atoms with E-state index in [4.69, 9.17) is 0 Å². The number of carbonyl (C=O) groups excluding carboxylic acids is 1. The van der Waals surface area contributed by atoms with Gasteiger partial charge in [0.1, 0.15) is 18.0 Å². The molecule has 1 aromatic carbocycles. The lowest BCUT2D eigenvalue weighted by Gasteiger charge is -2.11. The van der Waals surface area contributed by atoms with Gasteiger partial charge in [0.25, 0.3) is 5.91 Å². The third-order valence-corrected chi connectivity index (χ3v) is 5.11. The van der Waals surface area contributed by atoms with Gasteiger partial charge >= 0.3 is 0 Å². The first kappa shape index (κ1) is 21.0. The molecule has 0 bridgehead atoms. The fraction of sp³-hybridized carbons (Fsp3) is 0.0833. The molecule has 3 N–H and O–H groups in total. The van der Waals surface area contributed by atoms with E-state index < -0.39 is 0 Å². The molecule has 5 aromatic rings. The van der Waals surface area contributed by atoms with E-state index in [9.17, 15) is 4.79 Å². The second kappa shape index (κ2) is 9.74. The standard InChI is InChI=1S/C24H21N9O/c34-24(29-14-19-4-2-8-27-23(19)33-12-11-26-16-33)18-3-1-5-20(13-18)28-15-21-30-22(32-31-21)17-6-9-25-10-7-17/h1-13,16,28H,14-15H2,(H,29,34)(H,30,31,32). The van der Waals surface area contributed by atoms with Crippen LogP contribution < -0.4 is 10.6 Å². The van der Waals surface area contributed by atoms with Crippen molar-refractivity contribution in [3.05, 3.63) is 103 Å². The molecular weight excluding hydrogens is 430 g/mol. The Bertz CT molecular complexity index is 1380. The lowest BCUT2D eigenvalue weighted by atomic mass is 10.1. The first-order valence-electron chi connectivity index (χ1n) is 10.6. The van der Waals surface area contributed by atoms with Crippen LogP contribution >= 0.6 is 0 Å². The minimum atomic E-state index is -0.177. The minimum absolute atomic E-state index is 0.177. The number of carbonyl (C=O) groups is 1. The summed E-state index contributed by atoms with van der Waals surface area (Å²) in [6.07, 6.45) is 10.3. The van der Waals surface area contributed by atoms with Crippen molar-refractivity contribution in [2.24, 2.45) is 0 Å². The van der Waals surface area contributed by atoms with Crippen molar-refractivity contribution in [2.75, 3.05) is 5.32 Å². The van der Waals surface area contributed by atoms with Gasteiger partial charge in [0.2, 0.25) is 0 Å². The Morgan fingerprint density at radius 1 is 0.971 bits per heavy atom. The molecule has 4 heterocycles. The van der Waals surface area contributed by atoms with Crippen LogP contribution in [0.1, 0.15) is 21.7 Å². The Morgan fingerprint density at radius 2 is 1.88 bits per heavy atom. The van der Waals surface area contributed by atoms with Gasteiger partial charge in [-0.1, -0.05) is 12.1 Å². The zero-order valence-corrected chi connectivity index (χ0v) is 18.1. The average Bonchev–Trinajstić information content (AvgIpc) is 3.60. The summed E-state index contributed by atoms with van der Waals surface area (Å²) in [4.78, 5) is 29.8. The van der Waals surface area contributed by atoms with Crippen LogP contribution in [0.25, 0.3) is 17.2 Å². The molecule has 1 amide bonds. The van der Waals surface area contributed by atoms with Gasteiger partial charge in [-0.25, -0.2) is 15.0 Å². The van der Waals surface area contributed by atoms with Crippen molar-refractivity contribution < 1.29 is 4.79 Å². The Balaban J connectivity index is 1.21. The number of nitrogens with zero attached hydrogens (tertiary/aromatic N) is 6. The van der Waals surface area contributed by atoms with E-state index in [0.29, 0.717) is 30.3 Å². The fourth-order valence-corrected chi connectivity index (χ4v) is 3.42. The summed E-state index contributed by atoms with van der Waals surface area (Å²) in [6.45, 7) is 0.779. The molecule has 10 nitrogen and oxygen atoms in total. The normalized spacial score (nSPS) is 10.7. The Kier molecular flexibility index (Phi) is 6.02. The van der Waals surface area contributed by atoms with Crippen LogP contribution in [0.5, 0.6) is 0 Å². The van der Waals surface area contributed by atoms with Gasteiger partial charge in [-0.3, -0.25) is 19.4 Å². The number of H-pyrrole nitrogens is 1. The monoisotopic (exact) mass is 451 g/mol. The first-order chi connectivity index (χ1) is 16.8. The van der Waals surface area contributed by atoms with Gasteiger partial charge in [-0.15, -0.1) is 0 Å². The summed E-state index contributed by atoms with van der Waals surface area (Å²) < 4.78 is 1.82. The molecule has 0 radical (unpaired) electrons. The van der Waals surface area contributed by atoms with Crippen molar-refractivity contribution in [1.29, 1.82) is 0 Å². The van der Waals surface area contributed by atoms with Crippen molar-refractivity contribution in [3.63, 3.8) is 0 Å². The van der Waals surface area contributed by atoms with E-state index in [1.807, 2.05) is 47.2 Å². The number of aromatic nitrogens is 7.